The van der Waals surface area contributed by atoms with Crippen molar-refractivity contribution in [1.82, 2.24) is 0 Å². The molecular formula is C19H22ClNO2. The smallest absolute Gasteiger partial charge is 0.224 e. The normalized spacial score (nSPS) is 10.5. The molecule has 0 heterocycles. The van der Waals surface area contributed by atoms with Crippen molar-refractivity contribution in [2.75, 3.05) is 5.32 Å². The van der Waals surface area contributed by atoms with Crippen molar-refractivity contribution in [3.63, 3.8) is 0 Å². The van der Waals surface area contributed by atoms with E-state index in [0.717, 1.165) is 16.9 Å². The summed E-state index contributed by atoms with van der Waals surface area (Å²) in [6.07, 6.45) is 0.420. The number of rotatable bonds is 5. The van der Waals surface area contributed by atoms with Crippen molar-refractivity contribution in [3.05, 3.63) is 57.6 Å². The predicted octanol–water partition coefficient (Wildman–Crippen LogP) is 5.19. The molecule has 4 heteroatoms. The summed E-state index contributed by atoms with van der Waals surface area (Å²) >= 11 is 6.29. The Hall–Kier alpha value is -2.00. The Morgan fingerprint density at radius 3 is 2.52 bits per heavy atom. The average Bonchev–Trinajstić information content (AvgIpc) is 2.51. The summed E-state index contributed by atoms with van der Waals surface area (Å²) in [6, 6.07) is 9.60. The number of benzene rings is 2. The van der Waals surface area contributed by atoms with Gasteiger partial charge in [-0.05, 0) is 55.7 Å². The van der Waals surface area contributed by atoms with E-state index < -0.39 is 0 Å². The van der Waals surface area contributed by atoms with Gasteiger partial charge in [0.05, 0.1) is 0 Å². The van der Waals surface area contributed by atoms with Crippen molar-refractivity contribution in [1.29, 1.82) is 0 Å². The SMILES string of the molecule is CCC(=O)Nc1cccc(Cl)c1COc1cc(C)c(C)cc1C. The Morgan fingerprint density at radius 2 is 1.83 bits per heavy atom. The highest BCUT2D eigenvalue weighted by Crippen LogP contribution is 2.28. The molecule has 1 N–H and O–H groups in total. The van der Waals surface area contributed by atoms with Crippen LogP contribution in [0.15, 0.2) is 30.3 Å². The van der Waals surface area contributed by atoms with Gasteiger partial charge in [-0.3, -0.25) is 4.79 Å². The number of halogens is 1. The number of carbonyl (C=O) groups is 1. The van der Waals surface area contributed by atoms with E-state index in [1.807, 2.05) is 32.0 Å². The molecule has 3 nitrogen and oxygen atoms in total. The van der Waals surface area contributed by atoms with Crippen LogP contribution in [-0.2, 0) is 11.4 Å². The summed E-state index contributed by atoms with van der Waals surface area (Å²) in [7, 11) is 0. The predicted molar refractivity (Wildman–Crippen MR) is 95.4 cm³/mol. The average molecular weight is 332 g/mol. The quantitative estimate of drug-likeness (QED) is 0.818. The molecule has 0 aliphatic carbocycles. The first kappa shape index (κ1) is 17.4. The molecule has 0 atom stereocenters. The molecule has 0 unspecified atom stereocenters. The van der Waals surface area contributed by atoms with E-state index in [9.17, 15) is 4.79 Å². The summed E-state index contributed by atoms with van der Waals surface area (Å²) in [5.74, 6) is 0.789. The van der Waals surface area contributed by atoms with Gasteiger partial charge in [-0.25, -0.2) is 0 Å². The Bertz CT molecular complexity index is 726. The Balaban J connectivity index is 2.23. The van der Waals surface area contributed by atoms with Crippen molar-refractivity contribution in [2.45, 2.75) is 40.7 Å². The number of ether oxygens (including phenoxy) is 1. The first-order valence-corrected chi connectivity index (χ1v) is 8.08. The van der Waals surface area contributed by atoms with Gasteiger partial charge in [-0.15, -0.1) is 0 Å². The van der Waals surface area contributed by atoms with Crippen LogP contribution in [0.1, 0.15) is 35.6 Å². The highest BCUT2D eigenvalue weighted by atomic mass is 35.5. The Labute approximate surface area is 142 Å². The molecular weight excluding hydrogens is 310 g/mol. The van der Waals surface area contributed by atoms with E-state index >= 15 is 0 Å². The van der Waals surface area contributed by atoms with Gasteiger partial charge in [-0.2, -0.15) is 0 Å². The Morgan fingerprint density at radius 1 is 1.13 bits per heavy atom. The van der Waals surface area contributed by atoms with E-state index in [1.54, 1.807) is 6.07 Å². The van der Waals surface area contributed by atoms with Gasteiger partial charge < -0.3 is 10.1 Å². The molecule has 0 saturated heterocycles. The fourth-order valence-electron chi connectivity index (χ4n) is 2.30. The zero-order valence-corrected chi connectivity index (χ0v) is 14.8. The number of hydrogen-bond acceptors (Lipinski definition) is 2. The molecule has 2 aromatic carbocycles. The lowest BCUT2D eigenvalue weighted by molar-refractivity contribution is -0.115. The van der Waals surface area contributed by atoms with E-state index in [-0.39, 0.29) is 5.91 Å². The third kappa shape index (κ3) is 4.26. The number of hydrogen-bond donors (Lipinski definition) is 1. The first-order valence-electron chi connectivity index (χ1n) is 7.70. The standard InChI is InChI=1S/C19H22ClNO2/c1-5-19(22)21-17-8-6-7-16(20)15(17)11-23-18-10-13(3)12(2)9-14(18)4/h6-10H,5,11H2,1-4H3,(H,21,22). The van der Waals surface area contributed by atoms with Crippen LogP contribution in [0.3, 0.4) is 0 Å². The van der Waals surface area contributed by atoms with Crippen LogP contribution in [0.5, 0.6) is 5.75 Å². The van der Waals surface area contributed by atoms with Gasteiger partial charge >= 0.3 is 0 Å². The van der Waals surface area contributed by atoms with Crippen LogP contribution in [0, 0.1) is 20.8 Å². The minimum Gasteiger partial charge on any atom is -0.488 e. The number of aryl methyl sites for hydroxylation is 3. The summed E-state index contributed by atoms with van der Waals surface area (Å²) < 4.78 is 5.96. The van der Waals surface area contributed by atoms with Crippen molar-refractivity contribution in [2.24, 2.45) is 0 Å². The number of anilines is 1. The maximum absolute atomic E-state index is 11.7. The molecule has 122 valence electrons. The number of amides is 1. The zero-order valence-electron chi connectivity index (χ0n) is 14.0. The fraction of sp³-hybridized carbons (Fsp3) is 0.316. The van der Waals surface area contributed by atoms with Crippen molar-refractivity contribution in [3.8, 4) is 5.75 Å². The third-order valence-electron chi connectivity index (χ3n) is 3.88. The van der Waals surface area contributed by atoms with Crippen molar-refractivity contribution >= 4 is 23.2 Å². The lowest BCUT2D eigenvalue weighted by Gasteiger charge is -2.15. The molecule has 23 heavy (non-hydrogen) atoms. The van der Waals surface area contributed by atoms with E-state index in [0.29, 0.717) is 23.7 Å². The molecule has 0 spiro atoms. The lowest BCUT2D eigenvalue weighted by atomic mass is 10.1. The van der Waals surface area contributed by atoms with Crippen LogP contribution in [0.4, 0.5) is 5.69 Å². The molecule has 0 saturated carbocycles. The molecule has 2 rings (SSSR count). The van der Waals surface area contributed by atoms with E-state index in [4.69, 9.17) is 16.3 Å². The molecule has 2 aromatic rings. The summed E-state index contributed by atoms with van der Waals surface area (Å²) in [4.78, 5) is 11.7. The molecule has 0 aliphatic heterocycles. The maximum Gasteiger partial charge on any atom is 0.224 e. The first-order chi connectivity index (χ1) is 10.9. The number of nitrogens with one attached hydrogen (secondary N) is 1. The maximum atomic E-state index is 11.7. The van der Waals surface area contributed by atoms with Gasteiger partial charge in [0.1, 0.15) is 12.4 Å². The van der Waals surface area contributed by atoms with E-state index in [1.165, 1.54) is 11.1 Å². The second kappa shape index (κ2) is 7.51. The molecule has 0 bridgehead atoms. The van der Waals surface area contributed by atoms with Crippen LogP contribution >= 0.6 is 11.6 Å². The molecule has 0 fully saturated rings. The van der Waals surface area contributed by atoms with Crippen LogP contribution in [-0.4, -0.2) is 5.91 Å². The highest BCUT2D eigenvalue weighted by Gasteiger charge is 2.11. The van der Waals surface area contributed by atoms with E-state index in [2.05, 4.69) is 25.2 Å². The van der Waals surface area contributed by atoms with Crippen molar-refractivity contribution < 1.29 is 9.53 Å². The molecule has 0 aromatic heterocycles. The summed E-state index contributed by atoms with van der Waals surface area (Å²) in [5, 5.41) is 3.45. The fourth-order valence-corrected chi connectivity index (χ4v) is 2.53. The highest BCUT2D eigenvalue weighted by molar-refractivity contribution is 6.31. The zero-order chi connectivity index (χ0) is 17.0. The topological polar surface area (TPSA) is 38.3 Å². The minimum absolute atomic E-state index is 0.0455. The van der Waals surface area contributed by atoms with Crippen LogP contribution < -0.4 is 10.1 Å². The monoisotopic (exact) mass is 331 g/mol. The largest absolute Gasteiger partial charge is 0.488 e. The van der Waals surface area contributed by atoms with Gasteiger partial charge in [0, 0.05) is 22.7 Å². The second-order valence-corrected chi connectivity index (χ2v) is 6.07. The molecule has 1 amide bonds. The lowest BCUT2D eigenvalue weighted by Crippen LogP contribution is -2.12. The van der Waals surface area contributed by atoms with Gasteiger partial charge in [0.2, 0.25) is 5.91 Å². The minimum atomic E-state index is -0.0455. The summed E-state index contributed by atoms with van der Waals surface area (Å²) in [6.45, 7) is 8.29. The van der Waals surface area contributed by atoms with Crippen LogP contribution in [0.25, 0.3) is 0 Å². The van der Waals surface area contributed by atoms with Gasteiger partial charge in [0.25, 0.3) is 0 Å². The Kier molecular flexibility index (Phi) is 5.67. The van der Waals surface area contributed by atoms with Gasteiger partial charge in [0.15, 0.2) is 0 Å². The summed E-state index contributed by atoms with van der Waals surface area (Å²) in [5.41, 5.74) is 4.99. The molecule has 0 radical (unpaired) electrons. The third-order valence-corrected chi connectivity index (χ3v) is 4.23. The molecule has 0 aliphatic rings. The number of carbonyl (C=O) groups excluding carboxylic acids is 1. The van der Waals surface area contributed by atoms with Gasteiger partial charge in [-0.1, -0.05) is 30.7 Å². The second-order valence-electron chi connectivity index (χ2n) is 5.66. The van der Waals surface area contributed by atoms with Crippen LogP contribution in [0.2, 0.25) is 5.02 Å².